The van der Waals surface area contributed by atoms with Gasteiger partial charge < -0.3 is 14.6 Å². The first-order chi connectivity index (χ1) is 10.0. The van der Waals surface area contributed by atoms with E-state index in [4.69, 9.17) is 14.6 Å². The van der Waals surface area contributed by atoms with Gasteiger partial charge in [-0.1, -0.05) is 0 Å². The number of H-pyrrole nitrogens is 1. The molecule has 0 fully saturated rings. The van der Waals surface area contributed by atoms with Crippen molar-refractivity contribution in [3.8, 4) is 22.8 Å². The van der Waals surface area contributed by atoms with Gasteiger partial charge in [-0.15, -0.1) is 0 Å². The van der Waals surface area contributed by atoms with Crippen LogP contribution in [0.15, 0.2) is 29.1 Å². The zero-order valence-electron chi connectivity index (χ0n) is 11.5. The van der Waals surface area contributed by atoms with Crippen molar-refractivity contribution in [1.82, 2.24) is 10.2 Å². The van der Waals surface area contributed by atoms with Crippen molar-refractivity contribution in [2.75, 3.05) is 14.2 Å². The van der Waals surface area contributed by atoms with Crippen LogP contribution in [0.4, 0.5) is 0 Å². The van der Waals surface area contributed by atoms with Crippen LogP contribution < -0.4 is 15.0 Å². The van der Waals surface area contributed by atoms with E-state index in [-0.39, 0.29) is 12.0 Å². The average molecular weight is 290 g/mol. The summed E-state index contributed by atoms with van der Waals surface area (Å²) in [5.41, 5.74) is 0.599. The number of ether oxygens (including phenoxy) is 2. The Hall–Kier alpha value is -2.83. The van der Waals surface area contributed by atoms with Crippen LogP contribution in [-0.2, 0) is 11.2 Å². The number of nitrogens with one attached hydrogen (secondary N) is 1. The van der Waals surface area contributed by atoms with Gasteiger partial charge in [0.25, 0.3) is 5.56 Å². The number of aromatic nitrogens is 2. The van der Waals surface area contributed by atoms with Gasteiger partial charge in [-0.2, -0.15) is 5.10 Å². The van der Waals surface area contributed by atoms with Crippen LogP contribution in [0.5, 0.6) is 11.5 Å². The van der Waals surface area contributed by atoms with Gasteiger partial charge >= 0.3 is 5.97 Å². The van der Waals surface area contributed by atoms with Crippen molar-refractivity contribution in [3.05, 3.63) is 40.2 Å². The second-order valence-electron chi connectivity index (χ2n) is 4.24. The Morgan fingerprint density at radius 2 is 2.05 bits per heavy atom. The summed E-state index contributed by atoms with van der Waals surface area (Å²) in [4.78, 5) is 22.4. The fourth-order valence-corrected chi connectivity index (χ4v) is 1.89. The van der Waals surface area contributed by atoms with E-state index in [0.29, 0.717) is 22.8 Å². The molecule has 0 radical (unpaired) electrons. The van der Waals surface area contributed by atoms with Crippen LogP contribution in [0.25, 0.3) is 11.3 Å². The van der Waals surface area contributed by atoms with E-state index in [1.807, 2.05) is 0 Å². The molecule has 0 aliphatic heterocycles. The molecule has 0 unspecified atom stereocenters. The number of carboxylic acid groups (broad SMARTS) is 1. The molecular formula is C14H14N2O5. The summed E-state index contributed by atoms with van der Waals surface area (Å²) >= 11 is 0. The summed E-state index contributed by atoms with van der Waals surface area (Å²) in [5.74, 6) is 0.0467. The number of aliphatic carboxylic acids is 1. The molecule has 2 N–H and O–H groups in total. The normalized spacial score (nSPS) is 10.2. The highest BCUT2D eigenvalue weighted by molar-refractivity contribution is 5.72. The molecule has 0 aliphatic carbocycles. The second-order valence-corrected chi connectivity index (χ2v) is 4.24. The average Bonchev–Trinajstić information content (AvgIpc) is 2.48. The van der Waals surface area contributed by atoms with E-state index in [9.17, 15) is 9.59 Å². The zero-order chi connectivity index (χ0) is 15.4. The third-order valence-corrected chi connectivity index (χ3v) is 2.90. The quantitative estimate of drug-likeness (QED) is 0.854. The number of aromatic amines is 1. The summed E-state index contributed by atoms with van der Waals surface area (Å²) in [7, 11) is 3.04. The lowest BCUT2D eigenvalue weighted by atomic mass is 10.1. The Bertz CT molecular complexity index is 724. The minimum atomic E-state index is -1.09. The van der Waals surface area contributed by atoms with Gasteiger partial charge in [0.05, 0.1) is 26.3 Å². The highest BCUT2D eigenvalue weighted by Crippen LogP contribution is 2.31. The fraction of sp³-hybridized carbons (Fsp3) is 0.214. The number of hydrogen-bond donors (Lipinski definition) is 2. The third kappa shape index (κ3) is 3.19. The number of nitrogens with zero attached hydrogens (tertiary/aromatic N) is 1. The highest BCUT2D eigenvalue weighted by Gasteiger charge is 2.13. The number of methoxy groups -OCH3 is 2. The van der Waals surface area contributed by atoms with E-state index in [2.05, 4.69) is 10.2 Å². The van der Waals surface area contributed by atoms with E-state index < -0.39 is 11.5 Å². The molecule has 1 heterocycles. The van der Waals surface area contributed by atoms with Gasteiger partial charge in [-0.05, 0) is 24.3 Å². The topological polar surface area (TPSA) is 102 Å². The van der Waals surface area contributed by atoms with Crippen LogP contribution in [0, 0.1) is 0 Å². The molecule has 0 spiro atoms. The maximum atomic E-state index is 11.6. The maximum absolute atomic E-state index is 11.6. The van der Waals surface area contributed by atoms with Crippen LogP contribution in [-0.4, -0.2) is 35.5 Å². The molecule has 21 heavy (non-hydrogen) atoms. The van der Waals surface area contributed by atoms with Crippen molar-refractivity contribution in [2.24, 2.45) is 0 Å². The Kier molecular flexibility index (Phi) is 4.22. The van der Waals surface area contributed by atoms with E-state index in [0.717, 1.165) is 0 Å². The lowest BCUT2D eigenvalue weighted by Crippen LogP contribution is -2.17. The second kappa shape index (κ2) is 6.08. The minimum Gasteiger partial charge on any atom is -0.497 e. The number of carboxylic acids is 1. The lowest BCUT2D eigenvalue weighted by molar-refractivity contribution is -0.136. The van der Waals surface area contributed by atoms with Gasteiger partial charge in [0.15, 0.2) is 0 Å². The third-order valence-electron chi connectivity index (χ3n) is 2.90. The maximum Gasteiger partial charge on any atom is 0.308 e. The number of benzene rings is 1. The molecule has 0 saturated heterocycles. The Labute approximate surface area is 120 Å². The van der Waals surface area contributed by atoms with Gasteiger partial charge in [0.2, 0.25) is 0 Å². The smallest absolute Gasteiger partial charge is 0.308 e. The molecule has 0 atom stereocenters. The van der Waals surface area contributed by atoms with E-state index >= 15 is 0 Å². The predicted octanol–water partition coefficient (Wildman–Crippen LogP) is 1.08. The van der Waals surface area contributed by atoms with Crippen LogP contribution in [0.2, 0.25) is 0 Å². The largest absolute Gasteiger partial charge is 0.497 e. The molecule has 0 amide bonds. The molecule has 1 aromatic carbocycles. The molecule has 0 bridgehead atoms. The van der Waals surface area contributed by atoms with Crippen LogP contribution in [0.1, 0.15) is 5.56 Å². The van der Waals surface area contributed by atoms with Gasteiger partial charge in [-0.3, -0.25) is 9.59 Å². The zero-order valence-corrected chi connectivity index (χ0v) is 11.5. The molecule has 2 aromatic rings. The Morgan fingerprint density at radius 1 is 1.29 bits per heavy atom. The SMILES string of the molecule is COc1ccc(OC)c(-c2cc(CC(=O)O)c(=O)[nH]n2)c1. The van der Waals surface area contributed by atoms with Crippen molar-refractivity contribution in [1.29, 1.82) is 0 Å². The molecular weight excluding hydrogens is 276 g/mol. The summed E-state index contributed by atoms with van der Waals surface area (Å²) in [6, 6.07) is 6.57. The van der Waals surface area contributed by atoms with Gasteiger partial charge in [0, 0.05) is 11.1 Å². The molecule has 1 aromatic heterocycles. The van der Waals surface area contributed by atoms with E-state index in [1.54, 1.807) is 18.2 Å². The lowest BCUT2D eigenvalue weighted by Gasteiger charge is -2.10. The molecule has 0 aliphatic rings. The predicted molar refractivity (Wildman–Crippen MR) is 74.7 cm³/mol. The molecule has 2 rings (SSSR count). The fourth-order valence-electron chi connectivity index (χ4n) is 1.89. The van der Waals surface area contributed by atoms with Crippen molar-refractivity contribution in [2.45, 2.75) is 6.42 Å². The summed E-state index contributed by atoms with van der Waals surface area (Å²) in [6.07, 6.45) is -0.378. The summed E-state index contributed by atoms with van der Waals surface area (Å²) in [5, 5.41) is 15.0. The number of hydrogen-bond acceptors (Lipinski definition) is 5. The summed E-state index contributed by atoms with van der Waals surface area (Å²) < 4.78 is 10.4. The van der Waals surface area contributed by atoms with E-state index in [1.165, 1.54) is 20.3 Å². The molecule has 7 nitrogen and oxygen atoms in total. The minimum absolute atomic E-state index is 0.123. The Morgan fingerprint density at radius 3 is 2.67 bits per heavy atom. The molecule has 110 valence electrons. The van der Waals surface area contributed by atoms with Gasteiger partial charge in [-0.25, -0.2) is 5.10 Å². The van der Waals surface area contributed by atoms with Gasteiger partial charge in [0.1, 0.15) is 11.5 Å². The first kappa shape index (κ1) is 14.6. The number of rotatable bonds is 5. The standard InChI is InChI=1S/C14H14N2O5/c1-20-9-3-4-12(21-2)10(7-9)11-5-8(6-13(17)18)14(19)16-15-11/h3-5,7H,6H2,1-2H3,(H,16,19)(H,17,18). The number of carbonyl (C=O) groups is 1. The molecule has 0 saturated carbocycles. The highest BCUT2D eigenvalue weighted by atomic mass is 16.5. The van der Waals surface area contributed by atoms with Crippen molar-refractivity contribution < 1.29 is 19.4 Å². The first-order valence-electron chi connectivity index (χ1n) is 6.08. The first-order valence-corrected chi connectivity index (χ1v) is 6.08. The Balaban J connectivity index is 2.55. The van der Waals surface area contributed by atoms with Crippen molar-refractivity contribution >= 4 is 5.97 Å². The van der Waals surface area contributed by atoms with Crippen LogP contribution >= 0.6 is 0 Å². The monoisotopic (exact) mass is 290 g/mol. The van der Waals surface area contributed by atoms with Crippen LogP contribution in [0.3, 0.4) is 0 Å². The molecule has 7 heteroatoms. The summed E-state index contributed by atoms with van der Waals surface area (Å²) in [6.45, 7) is 0. The van der Waals surface area contributed by atoms with Crippen molar-refractivity contribution in [3.63, 3.8) is 0 Å².